The number of aliphatic hydroxyl groups is 5. The van der Waals surface area contributed by atoms with E-state index in [0.29, 0.717) is 13.0 Å². The van der Waals surface area contributed by atoms with Crippen LogP contribution in [0.3, 0.4) is 0 Å². The molecule has 342 valence electrons. The molecule has 6 N–H and O–H groups in total. The maximum Gasteiger partial charge on any atom is 0.472 e. The second-order valence-electron chi connectivity index (χ2n) is 15.5. The molecule has 0 aromatic heterocycles. The van der Waals surface area contributed by atoms with Gasteiger partial charge in [-0.25, -0.2) is 4.57 Å². The third-order valence-corrected chi connectivity index (χ3v) is 11.1. The van der Waals surface area contributed by atoms with Gasteiger partial charge in [-0.2, -0.15) is 0 Å². The monoisotopic (exact) mass is 857 g/mol. The third kappa shape index (κ3) is 29.1. The highest BCUT2D eigenvalue weighted by Gasteiger charge is 2.51. The summed E-state index contributed by atoms with van der Waals surface area (Å²) in [7, 11) is -5.02. The molecular formula is C46H81O12P. The summed E-state index contributed by atoms with van der Waals surface area (Å²) in [5, 5.41) is 50.1. The Morgan fingerprint density at radius 1 is 0.559 bits per heavy atom. The Labute approximate surface area is 356 Å². The normalized spacial score (nSPS) is 23.1. The number of ether oxygens (including phenoxy) is 2. The predicted molar refractivity (Wildman–Crippen MR) is 235 cm³/mol. The molecule has 12 nitrogen and oxygen atoms in total. The highest BCUT2D eigenvalue weighted by atomic mass is 31.2. The zero-order chi connectivity index (χ0) is 43.4. The van der Waals surface area contributed by atoms with Crippen LogP contribution in [0.4, 0.5) is 0 Å². The lowest BCUT2D eigenvalue weighted by molar-refractivity contribution is -0.220. The summed E-state index contributed by atoms with van der Waals surface area (Å²) in [6.45, 7) is 4.05. The summed E-state index contributed by atoms with van der Waals surface area (Å²) in [6.07, 6.45) is 32.9. The molecule has 59 heavy (non-hydrogen) atoms. The number of carbonyl (C=O) groups is 1. The van der Waals surface area contributed by atoms with E-state index < -0.39 is 63.1 Å². The van der Waals surface area contributed by atoms with Crippen molar-refractivity contribution in [2.75, 3.05) is 19.8 Å². The van der Waals surface area contributed by atoms with Crippen molar-refractivity contribution in [3.63, 3.8) is 0 Å². The topological polar surface area (TPSA) is 192 Å². The van der Waals surface area contributed by atoms with Gasteiger partial charge in [-0.15, -0.1) is 0 Å². The number of hydrogen-bond acceptors (Lipinski definition) is 11. The van der Waals surface area contributed by atoms with E-state index in [1.807, 2.05) is 0 Å². The zero-order valence-electron chi connectivity index (χ0n) is 36.3. The standard InChI is InChI=1S/C46H81O12P/c1-3-5-7-9-11-13-15-16-17-18-19-20-21-22-23-24-25-27-29-31-33-35-40(47)57-39(37-55-36-34-32-30-28-26-14-12-10-8-6-4-2)38-56-59(53,54)58-46-44(51)42(49)41(48)43(50)45(46)52/h5,7-8,10-11,13,16-17,19-20,39,41-46,48-52H,3-4,6,9,12,14-15,18,21-38H2,1-2H3,(H,53,54)/b7-5-,10-8-,13-11-,17-16-,20-19-. The average molecular weight is 857 g/mol. The highest BCUT2D eigenvalue weighted by Crippen LogP contribution is 2.47. The molecule has 1 aliphatic carbocycles. The SMILES string of the molecule is CC/C=C\C/C=C\C/C=C\C/C=C\CCCCCCCCCCC(=O)OC(COCCCCCCCC/C=C\CCC)COP(=O)(O)OC1C(O)C(O)C(O)C(O)C1O. The van der Waals surface area contributed by atoms with Gasteiger partial charge in [-0.05, 0) is 70.6 Å². The second kappa shape index (κ2) is 36.7. The highest BCUT2D eigenvalue weighted by molar-refractivity contribution is 7.47. The van der Waals surface area contributed by atoms with Gasteiger partial charge in [-0.3, -0.25) is 13.8 Å². The molecule has 13 heteroatoms. The van der Waals surface area contributed by atoms with Crippen molar-refractivity contribution in [3.05, 3.63) is 60.8 Å². The number of phosphoric acid groups is 1. The van der Waals surface area contributed by atoms with Crippen molar-refractivity contribution in [1.82, 2.24) is 0 Å². The van der Waals surface area contributed by atoms with Crippen LogP contribution in [-0.2, 0) is 27.9 Å². The van der Waals surface area contributed by atoms with Crippen molar-refractivity contribution in [1.29, 1.82) is 0 Å². The molecule has 1 fully saturated rings. The Bertz CT molecular complexity index is 1200. The molecule has 1 rings (SSSR count). The van der Waals surface area contributed by atoms with Gasteiger partial charge >= 0.3 is 13.8 Å². The van der Waals surface area contributed by atoms with Gasteiger partial charge in [0, 0.05) is 13.0 Å². The molecule has 0 aliphatic heterocycles. The van der Waals surface area contributed by atoms with Gasteiger partial charge in [0.15, 0.2) is 0 Å². The number of unbranched alkanes of at least 4 members (excludes halogenated alkanes) is 15. The quantitative estimate of drug-likeness (QED) is 0.0151. The van der Waals surface area contributed by atoms with Gasteiger partial charge in [0.05, 0.1) is 13.2 Å². The first-order valence-electron chi connectivity index (χ1n) is 22.6. The molecule has 0 aromatic rings. The lowest BCUT2D eigenvalue weighted by Gasteiger charge is -2.41. The van der Waals surface area contributed by atoms with Crippen LogP contribution in [-0.4, -0.2) is 98.9 Å². The van der Waals surface area contributed by atoms with Crippen molar-refractivity contribution >= 4 is 13.8 Å². The summed E-state index contributed by atoms with van der Waals surface area (Å²) in [6, 6.07) is 0. The molecule has 0 amide bonds. The molecule has 0 radical (unpaired) electrons. The van der Waals surface area contributed by atoms with E-state index in [0.717, 1.165) is 96.3 Å². The summed E-state index contributed by atoms with van der Waals surface area (Å²) in [4.78, 5) is 23.1. The first kappa shape index (κ1) is 55.1. The lowest BCUT2D eigenvalue weighted by atomic mass is 9.85. The van der Waals surface area contributed by atoms with E-state index in [4.69, 9.17) is 18.5 Å². The van der Waals surface area contributed by atoms with Crippen molar-refractivity contribution in [2.24, 2.45) is 0 Å². The van der Waals surface area contributed by atoms with Gasteiger partial charge in [-0.1, -0.05) is 145 Å². The van der Waals surface area contributed by atoms with Gasteiger partial charge < -0.3 is 39.9 Å². The van der Waals surface area contributed by atoms with Crippen LogP contribution >= 0.6 is 7.82 Å². The van der Waals surface area contributed by atoms with Crippen molar-refractivity contribution in [3.8, 4) is 0 Å². The first-order chi connectivity index (χ1) is 28.5. The summed E-state index contributed by atoms with van der Waals surface area (Å²) in [5.74, 6) is -0.491. The van der Waals surface area contributed by atoms with E-state index in [1.165, 1.54) is 38.5 Å². The molecule has 6 atom stereocenters. The third-order valence-electron chi connectivity index (χ3n) is 10.1. The van der Waals surface area contributed by atoms with Crippen molar-refractivity contribution in [2.45, 2.75) is 204 Å². The Kier molecular flexibility index (Phi) is 34.2. The molecule has 0 aromatic carbocycles. The molecule has 0 saturated heterocycles. The maximum atomic E-state index is 12.8. The van der Waals surface area contributed by atoms with Gasteiger partial charge in [0.25, 0.3) is 0 Å². The first-order valence-corrected chi connectivity index (χ1v) is 24.1. The fourth-order valence-corrected chi connectivity index (χ4v) is 7.50. The maximum absolute atomic E-state index is 12.8. The van der Waals surface area contributed by atoms with Gasteiger partial charge in [0.1, 0.15) is 42.7 Å². The fourth-order valence-electron chi connectivity index (χ4n) is 6.52. The number of aliphatic hydroxyl groups excluding tert-OH is 5. The van der Waals surface area contributed by atoms with Crippen molar-refractivity contribution < 1.29 is 58.3 Å². The van der Waals surface area contributed by atoms with Crippen LogP contribution in [0, 0.1) is 0 Å². The predicted octanol–water partition coefficient (Wildman–Crippen LogP) is 9.03. The Morgan fingerprint density at radius 2 is 1.00 bits per heavy atom. The summed E-state index contributed by atoms with van der Waals surface area (Å²) in [5.41, 5.74) is 0. The Morgan fingerprint density at radius 3 is 1.54 bits per heavy atom. The van der Waals surface area contributed by atoms with Crippen LogP contribution in [0.5, 0.6) is 0 Å². The summed E-state index contributed by atoms with van der Waals surface area (Å²) < 4.78 is 34.1. The van der Waals surface area contributed by atoms with Crippen LogP contribution in [0.2, 0.25) is 0 Å². The smallest absolute Gasteiger partial charge is 0.457 e. The Balaban J connectivity index is 2.38. The number of hydrogen-bond donors (Lipinski definition) is 6. The van der Waals surface area contributed by atoms with E-state index in [2.05, 4.69) is 74.6 Å². The van der Waals surface area contributed by atoms with Crippen LogP contribution < -0.4 is 0 Å². The van der Waals surface area contributed by atoms with Crippen LogP contribution in [0.1, 0.15) is 162 Å². The second-order valence-corrected chi connectivity index (χ2v) is 16.9. The number of esters is 1. The molecule has 1 aliphatic rings. The van der Waals surface area contributed by atoms with Crippen LogP contribution in [0.25, 0.3) is 0 Å². The average Bonchev–Trinajstić information content (AvgIpc) is 3.22. The molecule has 6 unspecified atom stereocenters. The molecule has 0 spiro atoms. The number of carbonyl (C=O) groups excluding carboxylic acids is 1. The summed E-state index contributed by atoms with van der Waals surface area (Å²) >= 11 is 0. The van der Waals surface area contributed by atoms with Gasteiger partial charge in [0.2, 0.25) is 0 Å². The molecule has 0 heterocycles. The zero-order valence-corrected chi connectivity index (χ0v) is 37.2. The minimum Gasteiger partial charge on any atom is -0.457 e. The van der Waals surface area contributed by atoms with E-state index in [-0.39, 0.29) is 13.0 Å². The molecule has 1 saturated carbocycles. The minimum atomic E-state index is -5.02. The van der Waals surface area contributed by atoms with E-state index in [9.17, 15) is 39.8 Å². The van der Waals surface area contributed by atoms with Crippen LogP contribution in [0.15, 0.2) is 60.8 Å². The largest absolute Gasteiger partial charge is 0.472 e. The molecular weight excluding hydrogens is 775 g/mol. The molecule has 0 bridgehead atoms. The number of phosphoric ester groups is 1. The Hall–Kier alpha value is -1.96. The van der Waals surface area contributed by atoms with E-state index in [1.54, 1.807) is 0 Å². The number of allylic oxidation sites excluding steroid dienone is 10. The lowest BCUT2D eigenvalue weighted by Crippen LogP contribution is -2.64. The van der Waals surface area contributed by atoms with E-state index >= 15 is 0 Å². The number of rotatable bonds is 37. The minimum absolute atomic E-state index is 0.0869. The fraction of sp³-hybridized carbons (Fsp3) is 0.761.